The van der Waals surface area contributed by atoms with Gasteiger partial charge in [-0.25, -0.2) is 13.2 Å². The predicted octanol–water partition coefficient (Wildman–Crippen LogP) is 3.60. The van der Waals surface area contributed by atoms with Gasteiger partial charge in [0.15, 0.2) is 0 Å². The quantitative estimate of drug-likeness (QED) is 0.835. The molecule has 0 amide bonds. The van der Waals surface area contributed by atoms with Crippen LogP contribution in [0, 0.1) is 0 Å². The normalized spacial score (nSPS) is 11.1. The number of benzene rings is 2. The third kappa shape index (κ3) is 3.75. The molecule has 0 saturated heterocycles. The first-order chi connectivity index (χ1) is 9.79. The van der Waals surface area contributed by atoms with Gasteiger partial charge in [0.05, 0.1) is 16.1 Å². The van der Waals surface area contributed by atoms with Gasteiger partial charge in [0.1, 0.15) is 0 Å². The minimum Gasteiger partial charge on any atom is -0.478 e. The molecule has 0 spiro atoms. The molecule has 8 heteroatoms. The molecule has 21 heavy (non-hydrogen) atoms. The first-order valence-electron chi connectivity index (χ1n) is 5.61. The van der Waals surface area contributed by atoms with Gasteiger partial charge in [-0.3, -0.25) is 4.72 Å². The van der Waals surface area contributed by atoms with Gasteiger partial charge in [-0.15, -0.1) is 0 Å². The molecule has 2 rings (SSSR count). The molecule has 0 radical (unpaired) electrons. The zero-order valence-corrected chi connectivity index (χ0v) is 13.5. The van der Waals surface area contributed by atoms with Crippen LogP contribution in [-0.2, 0) is 10.0 Å². The molecule has 5 nitrogen and oxygen atoms in total. The van der Waals surface area contributed by atoms with Crippen molar-refractivity contribution in [1.29, 1.82) is 0 Å². The third-order valence-corrected chi connectivity index (χ3v) is 4.73. The molecule has 110 valence electrons. The van der Waals surface area contributed by atoms with E-state index >= 15 is 0 Å². The Kier molecular flexibility index (Phi) is 4.55. The maximum absolute atomic E-state index is 12.2. The number of halogens is 2. The van der Waals surface area contributed by atoms with E-state index in [2.05, 4.69) is 20.7 Å². The lowest BCUT2D eigenvalue weighted by Gasteiger charge is -2.11. The number of carboxylic acid groups (broad SMARTS) is 1. The Bertz CT molecular complexity index is 790. The van der Waals surface area contributed by atoms with E-state index in [1.54, 1.807) is 12.1 Å². The number of anilines is 1. The van der Waals surface area contributed by atoms with Crippen LogP contribution in [0.25, 0.3) is 0 Å². The molecule has 0 heterocycles. The van der Waals surface area contributed by atoms with Gasteiger partial charge in [0.2, 0.25) is 0 Å². The van der Waals surface area contributed by atoms with Crippen LogP contribution in [0.15, 0.2) is 51.8 Å². The number of hydrogen-bond acceptors (Lipinski definition) is 3. The highest BCUT2D eigenvalue weighted by atomic mass is 79.9. The number of hydrogen-bond donors (Lipinski definition) is 2. The molecule has 0 unspecified atom stereocenters. The fraction of sp³-hybridized carbons (Fsp3) is 0. The highest BCUT2D eigenvalue weighted by molar-refractivity contribution is 9.10. The Hall–Kier alpha value is -1.57. The maximum atomic E-state index is 12.2. The molecule has 0 aliphatic rings. The van der Waals surface area contributed by atoms with E-state index in [0.717, 1.165) is 4.47 Å². The van der Waals surface area contributed by atoms with Crippen molar-refractivity contribution < 1.29 is 18.3 Å². The van der Waals surface area contributed by atoms with E-state index in [9.17, 15) is 13.2 Å². The SMILES string of the molecule is O=C(O)c1cc(Cl)ccc1NS(=O)(=O)c1ccc(Br)cc1. The van der Waals surface area contributed by atoms with Gasteiger partial charge in [0, 0.05) is 9.50 Å². The van der Waals surface area contributed by atoms with Crippen molar-refractivity contribution >= 4 is 49.2 Å². The van der Waals surface area contributed by atoms with E-state index < -0.39 is 16.0 Å². The average Bonchev–Trinajstić information content (AvgIpc) is 2.41. The predicted molar refractivity (Wildman–Crippen MR) is 83.4 cm³/mol. The van der Waals surface area contributed by atoms with Crippen molar-refractivity contribution in [3.05, 3.63) is 57.5 Å². The first kappa shape index (κ1) is 15.8. The van der Waals surface area contributed by atoms with Crippen LogP contribution >= 0.6 is 27.5 Å². The number of carbonyl (C=O) groups is 1. The fourth-order valence-corrected chi connectivity index (χ4v) is 3.12. The third-order valence-electron chi connectivity index (χ3n) is 2.58. The molecule has 2 N–H and O–H groups in total. The summed E-state index contributed by atoms with van der Waals surface area (Å²) in [6.07, 6.45) is 0. The Labute approximate surface area is 134 Å². The Morgan fingerprint density at radius 2 is 1.76 bits per heavy atom. The minimum atomic E-state index is -3.88. The molecule has 0 saturated carbocycles. The lowest BCUT2D eigenvalue weighted by Crippen LogP contribution is -2.15. The molecule has 2 aromatic carbocycles. The van der Waals surface area contributed by atoms with Crippen LogP contribution in [0.1, 0.15) is 10.4 Å². The molecule has 2 aromatic rings. The lowest BCUT2D eigenvalue weighted by atomic mass is 10.2. The monoisotopic (exact) mass is 389 g/mol. The summed E-state index contributed by atoms with van der Waals surface area (Å²) in [5.74, 6) is -1.27. The minimum absolute atomic E-state index is 0.0250. The molecule has 0 fully saturated rings. The molecule has 0 aliphatic carbocycles. The largest absolute Gasteiger partial charge is 0.478 e. The Balaban J connectivity index is 2.41. The molecule has 0 atom stereocenters. The van der Waals surface area contributed by atoms with Gasteiger partial charge in [-0.05, 0) is 42.5 Å². The zero-order chi connectivity index (χ0) is 15.6. The highest BCUT2D eigenvalue weighted by Gasteiger charge is 2.18. The van der Waals surface area contributed by atoms with Crippen molar-refractivity contribution in [1.82, 2.24) is 0 Å². The summed E-state index contributed by atoms with van der Waals surface area (Å²) in [7, 11) is -3.88. The van der Waals surface area contributed by atoms with Gasteiger partial charge in [-0.1, -0.05) is 27.5 Å². The average molecular weight is 391 g/mol. The Morgan fingerprint density at radius 1 is 1.14 bits per heavy atom. The Morgan fingerprint density at radius 3 is 2.33 bits per heavy atom. The van der Waals surface area contributed by atoms with Crippen LogP contribution in [0.4, 0.5) is 5.69 Å². The molecular weight excluding hydrogens is 382 g/mol. The van der Waals surface area contributed by atoms with Crippen molar-refractivity contribution in [2.24, 2.45) is 0 Å². The van der Waals surface area contributed by atoms with Gasteiger partial charge in [0.25, 0.3) is 10.0 Å². The van der Waals surface area contributed by atoms with Gasteiger partial charge >= 0.3 is 5.97 Å². The van der Waals surface area contributed by atoms with Crippen molar-refractivity contribution in [3.63, 3.8) is 0 Å². The standard InChI is InChI=1S/C13H9BrClNO4S/c14-8-1-4-10(5-2-8)21(19,20)16-12-6-3-9(15)7-11(12)13(17)18/h1-7,16H,(H,17,18). The van der Waals surface area contributed by atoms with Crippen LogP contribution < -0.4 is 4.72 Å². The fourth-order valence-electron chi connectivity index (χ4n) is 1.60. The summed E-state index contributed by atoms with van der Waals surface area (Å²) >= 11 is 8.93. The summed E-state index contributed by atoms with van der Waals surface area (Å²) in [6, 6.07) is 9.87. The van der Waals surface area contributed by atoms with E-state index in [-0.39, 0.29) is 21.2 Å². The second-order valence-corrected chi connectivity index (χ2v) is 7.09. The van der Waals surface area contributed by atoms with Crippen LogP contribution in [0.5, 0.6) is 0 Å². The van der Waals surface area contributed by atoms with Crippen molar-refractivity contribution in [2.45, 2.75) is 4.90 Å². The summed E-state index contributed by atoms with van der Waals surface area (Å²) in [5, 5.41) is 9.30. The zero-order valence-electron chi connectivity index (χ0n) is 10.4. The van der Waals surface area contributed by atoms with Crippen LogP contribution in [-0.4, -0.2) is 19.5 Å². The van der Waals surface area contributed by atoms with Crippen molar-refractivity contribution in [3.8, 4) is 0 Å². The highest BCUT2D eigenvalue weighted by Crippen LogP contribution is 2.24. The summed E-state index contributed by atoms with van der Waals surface area (Å²) in [5.41, 5.74) is -0.266. The molecule has 0 aliphatic heterocycles. The maximum Gasteiger partial charge on any atom is 0.337 e. The summed E-state index contributed by atoms with van der Waals surface area (Å²) in [4.78, 5) is 11.2. The second-order valence-electron chi connectivity index (χ2n) is 4.05. The first-order valence-corrected chi connectivity index (χ1v) is 8.26. The van der Waals surface area contributed by atoms with E-state index in [0.29, 0.717) is 0 Å². The number of carboxylic acids is 1. The molecule has 0 aromatic heterocycles. The summed E-state index contributed by atoms with van der Waals surface area (Å²) < 4.78 is 27.4. The lowest BCUT2D eigenvalue weighted by molar-refractivity contribution is 0.0698. The smallest absolute Gasteiger partial charge is 0.337 e. The number of sulfonamides is 1. The van der Waals surface area contributed by atoms with E-state index in [1.807, 2.05) is 0 Å². The number of rotatable bonds is 4. The molecular formula is C13H9BrClNO4S. The van der Waals surface area contributed by atoms with Crippen molar-refractivity contribution in [2.75, 3.05) is 4.72 Å². The summed E-state index contributed by atoms with van der Waals surface area (Å²) in [6.45, 7) is 0. The number of nitrogens with one attached hydrogen (secondary N) is 1. The number of aromatic carboxylic acids is 1. The van der Waals surface area contributed by atoms with Gasteiger partial charge in [-0.2, -0.15) is 0 Å². The van der Waals surface area contributed by atoms with Crippen LogP contribution in [0.3, 0.4) is 0 Å². The topological polar surface area (TPSA) is 83.5 Å². The van der Waals surface area contributed by atoms with Crippen LogP contribution in [0.2, 0.25) is 5.02 Å². The second kappa shape index (κ2) is 6.05. The van der Waals surface area contributed by atoms with E-state index in [1.165, 1.54) is 30.3 Å². The molecule has 0 bridgehead atoms. The van der Waals surface area contributed by atoms with E-state index in [4.69, 9.17) is 16.7 Å². The van der Waals surface area contributed by atoms with Gasteiger partial charge < -0.3 is 5.11 Å².